The van der Waals surface area contributed by atoms with Gasteiger partial charge in [-0.1, -0.05) is 26.7 Å². The zero-order valence-corrected chi connectivity index (χ0v) is 16.4. The van der Waals surface area contributed by atoms with Gasteiger partial charge in [-0.25, -0.2) is 0 Å². The molecule has 0 radical (unpaired) electrons. The second-order valence-corrected chi connectivity index (χ2v) is 8.65. The number of piperidine rings is 1. The molecule has 2 heterocycles. The van der Waals surface area contributed by atoms with Gasteiger partial charge < -0.3 is 15.5 Å². The van der Waals surface area contributed by atoms with E-state index in [2.05, 4.69) is 18.7 Å². The quantitative estimate of drug-likeness (QED) is 0.684. The van der Waals surface area contributed by atoms with E-state index in [4.69, 9.17) is 5.73 Å². The van der Waals surface area contributed by atoms with Crippen LogP contribution in [0.5, 0.6) is 0 Å². The molecule has 144 valence electrons. The molecule has 0 bridgehead atoms. The molecule has 2 N–H and O–H groups in total. The molecule has 0 aromatic rings. The summed E-state index contributed by atoms with van der Waals surface area (Å²) in [6, 6.07) is 0. The van der Waals surface area contributed by atoms with Gasteiger partial charge in [0.15, 0.2) is 0 Å². The van der Waals surface area contributed by atoms with E-state index in [1.165, 1.54) is 0 Å². The van der Waals surface area contributed by atoms with Crippen LogP contribution in [0.2, 0.25) is 0 Å². The molecule has 0 aromatic carbocycles. The van der Waals surface area contributed by atoms with Crippen LogP contribution in [0.4, 0.5) is 0 Å². The molecule has 0 aliphatic carbocycles. The fourth-order valence-corrected chi connectivity index (χ4v) is 4.22. The van der Waals surface area contributed by atoms with Crippen molar-refractivity contribution in [3.8, 4) is 0 Å². The van der Waals surface area contributed by atoms with Crippen LogP contribution in [0.25, 0.3) is 0 Å². The van der Waals surface area contributed by atoms with Gasteiger partial charge in [-0.05, 0) is 44.6 Å². The minimum absolute atomic E-state index is 0.165. The Hall–Kier alpha value is -1.10. The number of carbonyl (C=O) groups excluding carboxylic acids is 2. The van der Waals surface area contributed by atoms with Crippen molar-refractivity contribution in [2.45, 2.75) is 65.7 Å². The highest BCUT2D eigenvalue weighted by Crippen LogP contribution is 2.40. The van der Waals surface area contributed by atoms with Crippen molar-refractivity contribution in [3.63, 3.8) is 0 Å². The Morgan fingerprint density at radius 3 is 2.16 bits per heavy atom. The van der Waals surface area contributed by atoms with Gasteiger partial charge in [-0.3, -0.25) is 9.59 Å². The van der Waals surface area contributed by atoms with E-state index in [1.54, 1.807) is 6.92 Å². The summed E-state index contributed by atoms with van der Waals surface area (Å²) in [5.41, 5.74) is 5.90. The van der Waals surface area contributed by atoms with Gasteiger partial charge in [0.1, 0.15) is 0 Å². The Labute approximate surface area is 153 Å². The molecule has 0 saturated carbocycles. The Morgan fingerprint density at radius 1 is 1.00 bits per heavy atom. The van der Waals surface area contributed by atoms with Crippen LogP contribution >= 0.6 is 0 Å². The third kappa shape index (κ3) is 5.44. The van der Waals surface area contributed by atoms with Crippen LogP contribution in [-0.4, -0.2) is 54.3 Å². The smallest absolute Gasteiger partial charge is 0.225 e. The molecule has 25 heavy (non-hydrogen) atoms. The molecule has 2 rings (SSSR count). The number of hydrogen-bond acceptors (Lipinski definition) is 3. The van der Waals surface area contributed by atoms with E-state index in [1.807, 2.05) is 4.90 Å². The van der Waals surface area contributed by atoms with Crippen molar-refractivity contribution >= 4 is 11.8 Å². The lowest BCUT2D eigenvalue weighted by Gasteiger charge is -2.54. The van der Waals surface area contributed by atoms with Crippen molar-refractivity contribution in [1.82, 2.24) is 9.80 Å². The number of amides is 2. The third-order valence-electron chi connectivity index (χ3n) is 6.08. The van der Waals surface area contributed by atoms with Gasteiger partial charge in [0, 0.05) is 44.4 Å². The number of nitrogens with zero attached hydrogens (tertiary/aromatic N) is 2. The fourth-order valence-electron chi connectivity index (χ4n) is 4.22. The fraction of sp³-hybridized carbons (Fsp3) is 0.900. The number of unbranched alkanes of at least 4 members (excludes halogenated alkanes) is 1. The minimum Gasteiger partial charge on any atom is -0.342 e. The topological polar surface area (TPSA) is 66.6 Å². The Bertz CT molecular complexity index is 448. The van der Waals surface area contributed by atoms with Crippen molar-refractivity contribution in [1.29, 1.82) is 0 Å². The maximum absolute atomic E-state index is 13.0. The summed E-state index contributed by atoms with van der Waals surface area (Å²) in [7, 11) is 0. The molecular weight excluding hydrogens is 314 g/mol. The van der Waals surface area contributed by atoms with Crippen LogP contribution in [0.3, 0.4) is 0 Å². The second-order valence-electron chi connectivity index (χ2n) is 8.65. The summed E-state index contributed by atoms with van der Waals surface area (Å²) in [5, 5.41) is 0. The molecule has 2 saturated heterocycles. The summed E-state index contributed by atoms with van der Waals surface area (Å²) in [4.78, 5) is 28.5. The zero-order chi connectivity index (χ0) is 18.4. The van der Waals surface area contributed by atoms with Crippen LogP contribution in [0.15, 0.2) is 0 Å². The van der Waals surface area contributed by atoms with Crippen LogP contribution < -0.4 is 5.73 Å². The van der Waals surface area contributed by atoms with E-state index >= 15 is 0 Å². The molecule has 2 fully saturated rings. The van der Waals surface area contributed by atoms with E-state index in [9.17, 15) is 9.59 Å². The average molecular weight is 352 g/mol. The molecule has 5 heteroatoms. The molecule has 2 aliphatic heterocycles. The Kier molecular flexibility index (Phi) is 7.29. The summed E-state index contributed by atoms with van der Waals surface area (Å²) in [6.45, 7) is 10.3. The number of hydrogen-bond donors (Lipinski definition) is 1. The summed E-state index contributed by atoms with van der Waals surface area (Å²) >= 11 is 0. The lowest BCUT2D eigenvalue weighted by molar-refractivity contribution is -0.150. The van der Waals surface area contributed by atoms with Gasteiger partial charge in [-0.15, -0.1) is 0 Å². The zero-order valence-electron chi connectivity index (χ0n) is 16.4. The summed E-state index contributed by atoms with van der Waals surface area (Å²) in [5.74, 6) is 1.34. The Balaban J connectivity index is 1.83. The predicted octanol–water partition coefficient (Wildman–Crippen LogP) is 2.64. The lowest BCUT2D eigenvalue weighted by atomic mass is 9.71. The number of nitrogens with two attached hydrogens (primary N) is 1. The molecule has 1 atom stereocenters. The monoisotopic (exact) mass is 351 g/mol. The van der Waals surface area contributed by atoms with Gasteiger partial charge in [0.2, 0.25) is 11.8 Å². The highest BCUT2D eigenvalue weighted by molar-refractivity contribution is 5.79. The molecule has 0 aromatic heterocycles. The van der Waals surface area contributed by atoms with Gasteiger partial charge in [0.05, 0.1) is 0 Å². The first-order valence-electron chi connectivity index (χ1n) is 10.1. The maximum Gasteiger partial charge on any atom is 0.225 e. The molecule has 1 unspecified atom stereocenters. The van der Waals surface area contributed by atoms with E-state index in [-0.39, 0.29) is 17.2 Å². The van der Waals surface area contributed by atoms with Crippen molar-refractivity contribution in [2.24, 2.45) is 23.0 Å². The first-order valence-corrected chi connectivity index (χ1v) is 10.1. The minimum atomic E-state index is 0.165. The van der Waals surface area contributed by atoms with Crippen molar-refractivity contribution < 1.29 is 9.59 Å². The van der Waals surface area contributed by atoms with Crippen LogP contribution in [0.1, 0.15) is 65.7 Å². The van der Waals surface area contributed by atoms with Gasteiger partial charge >= 0.3 is 0 Å². The highest BCUT2D eigenvalue weighted by atomic mass is 16.2. The number of carbonyl (C=O) groups is 2. The summed E-state index contributed by atoms with van der Waals surface area (Å²) in [6.07, 6.45) is 7.24. The van der Waals surface area contributed by atoms with Crippen LogP contribution in [0, 0.1) is 17.3 Å². The van der Waals surface area contributed by atoms with Gasteiger partial charge in [-0.2, -0.15) is 0 Å². The third-order valence-corrected chi connectivity index (χ3v) is 6.08. The van der Waals surface area contributed by atoms with E-state index in [0.717, 1.165) is 71.1 Å². The number of likely N-dealkylation sites (tertiary alicyclic amines) is 2. The molecule has 2 amide bonds. The standard InChI is InChI=1S/C20H37N3O2/c1-16(2)7-8-18(6-4-5-11-21)19(25)22-12-9-20(10-13-22)14-23(15-20)17(3)24/h16,18H,4-15,21H2,1-3H3. The second kappa shape index (κ2) is 9.02. The number of rotatable bonds is 8. The normalized spacial score (nSPS) is 20.7. The molecular formula is C20H37N3O2. The predicted molar refractivity (Wildman–Crippen MR) is 101 cm³/mol. The average Bonchev–Trinajstić information content (AvgIpc) is 2.55. The summed E-state index contributed by atoms with van der Waals surface area (Å²) < 4.78 is 0. The van der Waals surface area contributed by atoms with E-state index < -0.39 is 0 Å². The lowest BCUT2D eigenvalue weighted by Crippen LogP contribution is -2.62. The van der Waals surface area contributed by atoms with Crippen molar-refractivity contribution in [3.05, 3.63) is 0 Å². The molecule has 1 spiro atoms. The largest absolute Gasteiger partial charge is 0.342 e. The van der Waals surface area contributed by atoms with Gasteiger partial charge in [0.25, 0.3) is 0 Å². The molecule has 5 nitrogen and oxygen atoms in total. The first-order chi connectivity index (χ1) is 11.9. The van der Waals surface area contributed by atoms with Crippen LogP contribution in [-0.2, 0) is 9.59 Å². The van der Waals surface area contributed by atoms with Crippen molar-refractivity contribution in [2.75, 3.05) is 32.7 Å². The SMILES string of the molecule is CC(=O)N1CC2(CCN(C(=O)C(CCCCN)CCC(C)C)CC2)C1. The first kappa shape index (κ1) is 20.2. The molecule has 2 aliphatic rings. The maximum atomic E-state index is 13.0. The van der Waals surface area contributed by atoms with E-state index in [0.29, 0.717) is 18.4 Å². The highest BCUT2D eigenvalue weighted by Gasteiger charge is 2.46. The Morgan fingerprint density at radius 2 is 1.64 bits per heavy atom.